The van der Waals surface area contributed by atoms with Crippen LogP contribution >= 0.6 is 0 Å². The van der Waals surface area contributed by atoms with Gasteiger partial charge in [0.2, 0.25) is 5.91 Å². The second kappa shape index (κ2) is 7.24. The number of benzene rings is 1. The molecule has 0 bridgehead atoms. The van der Waals surface area contributed by atoms with Gasteiger partial charge in [0.15, 0.2) is 12.3 Å². The lowest BCUT2D eigenvalue weighted by molar-refractivity contribution is -0.166. The molecule has 144 valence electrons. The number of nitrogens with zero attached hydrogens (tertiary/aromatic N) is 4. The number of β-lactam (4-membered cyclic amide) rings is 1. The fraction of sp³-hybridized carbons (Fsp3) is 0.389. The van der Waals surface area contributed by atoms with Crippen LogP contribution in [0.25, 0.3) is 10.4 Å². The SMILES string of the molecule is [N-]=[N+]=NCC1CC(=C2O[C@@H]3CC(=O)N3C2C(=O)OCc2ccccc2)C(=O)O1. The molecule has 0 radical (unpaired) electrons. The third-order valence-corrected chi connectivity index (χ3v) is 4.78. The van der Waals surface area contributed by atoms with Crippen molar-refractivity contribution in [3.05, 3.63) is 57.7 Å². The Morgan fingerprint density at radius 1 is 1.25 bits per heavy atom. The van der Waals surface area contributed by atoms with Gasteiger partial charge in [0, 0.05) is 11.3 Å². The summed E-state index contributed by atoms with van der Waals surface area (Å²) in [4.78, 5) is 40.9. The first-order valence-electron chi connectivity index (χ1n) is 8.71. The van der Waals surface area contributed by atoms with Crippen molar-refractivity contribution < 1.29 is 28.6 Å². The highest BCUT2D eigenvalue weighted by atomic mass is 16.6. The summed E-state index contributed by atoms with van der Waals surface area (Å²) in [5.41, 5.74) is 9.39. The van der Waals surface area contributed by atoms with E-state index in [0.717, 1.165) is 5.56 Å². The van der Waals surface area contributed by atoms with Crippen LogP contribution < -0.4 is 0 Å². The van der Waals surface area contributed by atoms with Crippen LogP contribution in [0.2, 0.25) is 0 Å². The quantitative estimate of drug-likeness (QED) is 0.189. The summed E-state index contributed by atoms with van der Waals surface area (Å²) in [5, 5.41) is 3.40. The van der Waals surface area contributed by atoms with E-state index in [0.29, 0.717) is 0 Å². The average molecular weight is 384 g/mol. The van der Waals surface area contributed by atoms with Crippen molar-refractivity contribution in [2.24, 2.45) is 5.11 Å². The molecule has 0 aliphatic carbocycles. The summed E-state index contributed by atoms with van der Waals surface area (Å²) in [6.07, 6.45) is -0.950. The molecule has 3 aliphatic rings. The summed E-state index contributed by atoms with van der Waals surface area (Å²) < 4.78 is 16.2. The maximum atomic E-state index is 12.7. The Hall–Kier alpha value is -3.52. The highest BCUT2D eigenvalue weighted by molar-refractivity contribution is 5.96. The molecule has 2 unspecified atom stereocenters. The second-order valence-corrected chi connectivity index (χ2v) is 6.56. The lowest BCUT2D eigenvalue weighted by atomic mass is 10.0. The normalized spacial score (nSPS) is 28.0. The number of azide groups is 1. The number of cyclic esters (lactones) is 1. The highest BCUT2D eigenvalue weighted by Gasteiger charge is 2.56. The van der Waals surface area contributed by atoms with Gasteiger partial charge in [-0.2, -0.15) is 0 Å². The molecule has 0 spiro atoms. The smallest absolute Gasteiger partial charge is 0.337 e. The van der Waals surface area contributed by atoms with E-state index in [1.165, 1.54) is 4.90 Å². The molecular formula is C18H16N4O6. The van der Waals surface area contributed by atoms with Crippen LogP contribution in [-0.4, -0.2) is 47.7 Å². The second-order valence-electron chi connectivity index (χ2n) is 6.56. The minimum atomic E-state index is -1.12. The van der Waals surface area contributed by atoms with Gasteiger partial charge in [0.25, 0.3) is 0 Å². The highest BCUT2D eigenvalue weighted by Crippen LogP contribution is 2.40. The molecule has 28 heavy (non-hydrogen) atoms. The zero-order valence-electron chi connectivity index (χ0n) is 14.7. The van der Waals surface area contributed by atoms with Crippen LogP contribution in [0.5, 0.6) is 0 Å². The first-order valence-corrected chi connectivity index (χ1v) is 8.71. The predicted octanol–water partition coefficient (Wildman–Crippen LogP) is 1.57. The number of hydrogen-bond acceptors (Lipinski definition) is 7. The number of hydrogen-bond donors (Lipinski definition) is 0. The van der Waals surface area contributed by atoms with E-state index in [9.17, 15) is 14.4 Å². The maximum absolute atomic E-state index is 12.7. The molecule has 0 saturated carbocycles. The molecule has 3 saturated heterocycles. The van der Waals surface area contributed by atoms with E-state index in [-0.39, 0.29) is 43.2 Å². The Kier molecular flexibility index (Phi) is 4.62. The van der Waals surface area contributed by atoms with Crippen LogP contribution in [-0.2, 0) is 35.2 Å². The zero-order valence-corrected chi connectivity index (χ0v) is 14.7. The fourth-order valence-corrected chi connectivity index (χ4v) is 3.42. The van der Waals surface area contributed by atoms with Crippen LogP contribution in [0.4, 0.5) is 0 Å². The van der Waals surface area contributed by atoms with Gasteiger partial charge in [0.05, 0.1) is 18.5 Å². The molecule has 10 nitrogen and oxygen atoms in total. The summed E-state index contributed by atoms with van der Waals surface area (Å²) in [6, 6.07) is 8.00. The molecule has 0 aromatic heterocycles. The molecule has 4 rings (SSSR count). The predicted molar refractivity (Wildman–Crippen MR) is 91.9 cm³/mol. The summed E-state index contributed by atoms with van der Waals surface area (Å²) in [5.74, 6) is -1.49. The van der Waals surface area contributed by atoms with Gasteiger partial charge in [-0.1, -0.05) is 35.4 Å². The standard InChI is InChI=1S/C18H16N4O6/c19-21-20-8-11-6-12(17(24)27-11)16-15(22-13(23)7-14(22)28-16)18(25)26-9-10-4-2-1-3-5-10/h1-5,11,14-15H,6-9H2/t11?,14-,15?/m1/s1. The summed E-state index contributed by atoms with van der Waals surface area (Å²) >= 11 is 0. The number of rotatable bonds is 5. The molecule has 1 aromatic carbocycles. The number of carbonyl (C=O) groups excluding carboxylic acids is 3. The Labute approximate surface area is 159 Å². The van der Waals surface area contributed by atoms with Gasteiger partial charge < -0.3 is 14.2 Å². The van der Waals surface area contributed by atoms with Crippen molar-refractivity contribution in [1.82, 2.24) is 4.90 Å². The molecule has 3 aliphatic heterocycles. The Balaban J connectivity index is 1.56. The number of amides is 1. The van der Waals surface area contributed by atoms with Crippen LogP contribution in [0.15, 0.2) is 46.8 Å². The zero-order chi connectivity index (χ0) is 19.7. The Morgan fingerprint density at radius 3 is 2.75 bits per heavy atom. The van der Waals surface area contributed by atoms with E-state index >= 15 is 0 Å². The largest absolute Gasteiger partial charge is 0.471 e. The van der Waals surface area contributed by atoms with Crippen molar-refractivity contribution >= 4 is 17.8 Å². The van der Waals surface area contributed by atoms with E-state index in [2.05, 4.69) is 10.0 Å². The fourth-order valence-electron chi connectivity index (χ4n) is 3.42. The van der Waals surface area contributed by atoms with Gasteiger partial charge >= 0.3 is 11.9 Å². The number of ether oxygens (including phenoxy) is 3. The molecule has 3 fully saturated rings. The molecule has 0 N–H and O–H groups in total. The van der Waals surface area contributed by atoms with Crippen molar-refractivity contribution in [1.29, 1.82) is 0 Å². The van der Waals surface area contributed by atoms with Crippen molar-refractivity contribution in [2.45, 2.75) is 37.8 Å². The van der Waals surface area contributed by atoms with Crippen molar-refractivity contribution in [3.63, 3.8) is 0 Å². The van der Waals surface area contributed by atoms with Crippen LogP contribution in [0.3, 0.4) is 0 Å². The van der Waals surface area contributed by atoms with E-state index in [1.807, 2.05) is 30.3 Å². The van der Waals surface area contributed by atoms with Gasteiger partial charge in [0.1, 0.15) is 18.5 Å². The number of fused-ring (bicyclic) bond motifs is 1. The molecule has 3 heterocycles. The lowest BCUT2D eigenvalue weighted by Gasteiger charge is -2.33. The minimum Gasteiger partial charge on any atom is -0.471 e. The van der Waals surface area contributed by atoms with Gasteiger partial charge in [-0.05, 0) is 11.1 Å². The van der Waals surface area contributed by atoms with E-state index in [1.54, 1.807) is 0 Å². The first kappa shape index (κ1) is 17.9. The van der Waals surface area contributed by atoms with E-state index in [4.69, 9.17) is 19.7 Å². The van der Waals surface area contributed by atoms with E-state index < -0.39 is 30.3 Å². The molecule has 10 heteroatoms. The monoisotopic (exact) mass is 384 g/mol. The number of esters is 2. The maximum Gasteiger partial charge on any atom is 0.337 e. The average Bonchev–Trinajstić information content (AvgIpc) is 3.21. The number of carbonyl (C=O) groups is 3. The first-order chi connectivity index (χ1) is 13.6. The van der Waals surface area contributed by atoms with Crippen LogP contribution in [0, 0.1) is 0 Å². The van der Waals surface area contributed by atoms with Crippen molar-refractivity contribution in [3.8, 4) is 0 Å². The Bertz CT molecular complexity index is 908. The van der Waals surface area contributed by atoms with Gasteiger partial charge in [-0.15, -0.1) is 0 Å². The van der Waals surface area contributed by atoms with Gasteiger partial charge in [-0.25, -0.2) is 9.59 Å². The lowest BCUT2D eigenvalue weighted by Crippen LogP contribution is -2.55. The third kappa shape index (κ3) is 3.14. The summed E-state index contributed by atoms with van der Waals surface area (Å²) in [7, 11) is 0. The molecular weight excluding hydrogens is 368 g/mol. The molecule has 1 aromatic rings. The topological polar surface area (TPSA) is 131 Å². The third-order valence-electron chi connectivity index (χ3n) is 4.78. The minimum absolute atomic E-state index is 0.0196. The van der Waals surface area contributed by atoms with Gasteiger partial charge in [-0.3, -0.25) is 9.69 Å². The summed E-state index contributed by atoms with van der Waals surface area (Å²) in [6.45, 7) is 0.0175. The van der Waals surface area contributed by atoms with Crippen LogP contribution in [0.1, 0.15) is 18.4 Å². The molecule has 3 atom stereocenters. The Morgan fingerprint density at radius 2 is 2.04 bits per heavy atom. The molecule has 1 amide bonds. The van der Waals surface area contributed by atoms with Crippen molar-refractivity contribution in [2.75, 3.05) is 6.54 Å².